The van der Waals surface area contributed by atoms with Gasteiger partial charge in [-0.3, -0.25) is 5.32 Å². The Morgan fingerprint density at radius 2 is 1.62 bits per heavy atom. The van der Waals surface area contributed by atoms with Crippen LogP contribution < -0.4 is 34.3 Å². The number of nitrogens with one attached hydrogen (secondary N) is 2. The Bertz CT molecular complexity index is 2170. The number of fused-ring (bicyclic) bond motifs is 2. The number of ether oxygens (including phenoxy) is 5. The SMILES string of the molecule is CCNCOc1cc(OC)c2c3c1C(O)Nc1cc4c(c(c1-3)CC2)C(O)C(c1cc(OC)c(O)c(OCC(CO)C2(c3ccccc3)CCC3(CCCC3)C2)c1)CO4. The second-order valence-corrected chi connectivity index (χ2v) is 17.0. The first-order chi connectivity index (χ1) is 28.2. The van der Waals surface area contributed by atoms with Crippen molar-refractivity contribution in [3.63, 3.8) is 0 Å². The summed E-state index contributed by atoms with van der Waals surface area (Å²) in [6, 6.07) is 17.8. The minimum absolute atomic E-state index is 0.0481. The van der Waals surface area contributed by atoms with E-state index in [0.717, 1.165) is 53.7 Å². The van der Waals surface area contributed by atoms with E-state index in [1.807, 2.05) is 25.1 Å². The number of hydrogen-bond donors (Lipinski definition) is 6. The molecule has 3 aliphatic carbocycles. The van der Waals surface area contributed by atoms with Crippen LogP contribution in [0.2, 0.25) is 0 Å². The van der Waals surface area contributed by atoms with Crippen molar-refractivity contribution >= 4 is 5.69 Å². The molecule has 4 aromatic rings. The van der Waals surface area contributed by atoms with E-state index in [9.17, 15) is 20.4 Å². The van der Waals surface area contributed by atoms with Gasteiger partial charge in [-0.05, 0) is 85.7 Å². The van der Waals surface area contributed by atoms with Crippen LogP contribution in [0.1, 0.15) is 103 Å². The van der Waals surface area contributed by atoms with Crippen LogP contribution in [-0.2, 0) is 18.3 Å². The van der Waals surface area contributed by atoms with Crippen LogP contribution in [0.3, 0.4) is 0 Å². The average molecular weight is 793 g/mol. The van der Waals surface area contributed by atoms with Crippen LogP contribution in [0.5, 0.6) is 34.5 Å². The maximum atomic E-state index is 12.4. The van der Waals surface area contributed by atoms with E-state index in [-0.39, 0.29) is 55.1 Å². The lowest BCUT2D eigenvalue weighted by Crippen LogP contribution is -2.40. The second-order valence-electron chi connectivity index (χ2n) is 17.0. The third kappa shape index (κ3) is 6.33. The number of aromatic hydroxyl groups is 1. The summed E-state index contributed by atoms with van der Waals surface area (Å²) in [6.07, 6.45) is 7.37. The minimum Gasteiger partial charge on any atom is -0.502 e. The van der Waals surface area contributed by atoms with Gasteiger partial charge < -0.3 is 49.4 Å². The van der Waals surface area contributed by atoms with Gasteiger partial charge in [-0.2, -0.15) is 0 Å². The molecular formula is C47H56N2O9. The molecule has 11 heteroatoms. The Kier molecular flexibility index (Phi) is 10.4. The van der Waals surface area contributed by atoms with Crippen molar-refractivity contribution in [2.75, 3.05) is 52.6 Å². The van der Waals surface area contributed by atoms with Crippen molar-refractivity contribution in [3.05, 3.63) is 88.0 Å². The van der Waals surface area contributed by atoms with Gasteiger partial charge in [-0.1, -0.05) is 50.1 Å². The minimum atomic E-state index is -1.03. The van der Waals surface area contributed by atoms with Crippen LogP contribution in [0.25, 0.3) is 11.1 Å². The van der Waals surface area contributed by atoms with Crippen LogP contribution >= 0.6 is 0 Å². The zero-order valence-electron chi connectivity index (χ0n) is 33.7. The number of phenolic OH excluding ortho intramolecular Hbond substituents is 1. The number of methoxy groups -OCH3 is 2. The predicted octanol–water partition coefficient (Wildman–Crippen LogP) is 7.42. The van der Waals surface area contributed by atoms with Crippen molar-refractivity contribution in [2.45, 2.75) is 88.4 Å². The Hall–Kier alpha value is -4.68. The molecule has 0 amide bonds. The van der Waals surface area contributed by atoms with Gasteiger partial charge in [0, 0.05) is 63.9 Å². The first-order valence-electron chi connectivity index (χ1n) is 21.0. The van der Waals surface area contributed by atoms with E-state index >= 15 is 0 Å². The number of benzene rings is 4. The summed E-state index contributed by atoms with van der Waals surface area (Å²) in [5, 5.41) is 52.8. The van der Waals surface area contributed by atoms with Crippen LogP contribution in [0.15, 0.2) is 54.6 Å². The molecule has 5 unspecified atom stereocenters. The zero-order chi connectivity index (χ0) is 40.2. The third-order valence-corrected chi connectivity index (χ3v) is 14.1. The Labute approximate surface area is 340 Å². The number of aliphatic hydroxyl groups excluding tert-OH is 3. The Balaban J connectivity index is 1.05. The maximum Gasteiger partial charge on any atom is 0.200 e. The molecule has 2 fully saturated rings. The normalized spacial score (nSPS) is 24.0. The van der Waals surface area contributed by atoms with Gasteiger partial charge >= 0.3 is 0 Å². The van der Waals surface area contributed by atoms with Crippen LogP contribution in [0.4, 0.5) is 5.69 Å². The van der Waals surface area contributed by atoms with E-state index < -0.39 is 18.2 Å². The molecule has 2 saturated carbocycles. The highest BCUT2D eigenvalue weighted by molar-refractivity contribution is 5.93. The van der Waals surface area contributed by atoms with Gasteiger partial charge in [-0.25, -0.2) is 0 Å². The molecule has 1 spiro atoms. The van der Waals surface area contributed by atoms with E-state index in [2.05, 4.69) is 34.9 Å². The lowest BCUT2D eigenvalue weighted by molar-refractivity contribution is 0.0848. The molecule has 58 heavy (non-hydrogen) atoms. The highest BCUT2D eigenvalue weighted by Crippen LogP contribution is 2.61. The number of phenols is 1. The summed E-state index contributed by atoms with van der Waals surface area (Å²) in [4.78, 5) is 0. The van der Waals surface area contributed by atoms with Gasteiger partial charge in [-0.15, -0.1) is 0 Å². The molecule has 2 heterocycles. The molecule has 9 rings (SSSR count). The average Bonchev–Trinajstić information content (AvgIpc) is 3.87. The largest absolute Gasteiger partial charge is 0.502 e. The topological polar surface area (TPSA) is 151 Å². The smallest absolute Gasteiger partial charge is 0.200 e. The fourth-order valence-corrected chi connectivity index (χ4v) is 11.2. The van der Waals surface area contributed by atoms with Crippen molar-refractivity contribution in [3.8, 4) is 45.6 Å². The summed E-state index contributed by atoms with van der Waals surface area (Å²) in [6.45, 7) is 3.32. The fourth-order valence-electron chi connectivity index (χ4n) is 11.2. The third-order valence-electron chi connectivity index (χ3n) is 14.1. The molecular weight excluding hydrogens is 737 g/mol. The molecule has 5 aliphatic rings. The summed E-state index contributed by atoms with van der Waals surface area (Å²) in [5.41, 5.74) is 7.74. The molecule has 0 saturated heterocycles. The van der Waals surface area contributed by atoms with Crippen molar-refractivity contribution in [1.82, 2.24) is 5.32 Å². The molecule has 0 radical (unpaired) electrons. The van der Waals surface area contributed by atoms with Crippen molar-refractivity contribution in [2.24, 2.45) is 11.3 Å². The van der Waals surface area contributed by atoms with Gasteiger partial charge in [0.05, 0.1) is 39.1 Å². The summed E-state index contributed by atoms with van der Waals surface area (Å²) in [5.74, 6) is 1.40. The lowest BCUT2D eigenvalue weighted by atomic mass is 9.67. The van der Waals surface area contributed by atoms with Crippen molar-refractivity contribution in [1.29, 1.82) is 0 Å². The lowest BCUT2D eigenvalue weighted by Gasteiger charge is -2.39. The fraction of sp³-hybridized carbons (Fsp3) is 0.489. The van der Waals surface area contributed by atoms with E-state index in [1.165, 1.54) is 38.4 Å². The van der Waals surface area contributed by atoms with Gasteiger partial charge in [0.1, 0.15) is 24.0 Å². The molecule has 0 aromatic heterocycles. The number of anilines is 1. The number of aliphatic hydroxyl groups is 3. The zero-order valence-corrected chi connectivity index (χ0v) is 33.7. The first-order valence-corrected chi connectivity index (χ1v) is 21.0. The monoisotopic (exact) mass is 792 g/mol. The molecule has 5 atom stereocenters. The van der Waals surface area contributed by atoms with Crippen LogP contribution in [0, 0.1) is 11.3 Å². The Morgan fingerprint density at radius 3 is 2.36 bits per heavy atom. The highest BCUT2D eigenvalue weighted by atomic mass is 16.5. The molecule has 0 bridgehead atoms. The van der Waals surface area contributed by atoms with E-state index in [1.54, 1.807) is 19.2 Å². The standard InChI is InChI=1S/C47H56N2O9/c1-4-48-26-58-36-21-34(54-2)30-12-13-31-39-33(49-45(53)42(36)41(30)39)20-35-40(31)43(51)32(24-57-35)27-18-37(55-3)44(52)38(19-27)56-23-29(22-50)47(28-10-6-5-7-11-28)17-16-46(25-47)14-8-9-15-46/h5-7,10-11,18-21,29,32,43,45,48-53H,4,8-9,12-17,22-26H2,1-3H3. The van der Waals surface area contributed by atoms with E-state index in [0.29, 0.717) is 52.2 Å². The van der Waals surface area contributed by atoms with E-state index in [4.69, 9.17) is 23.7 Å². The highest BCUT2D eigenvalue weighted by Gasteiger charge is 2.53. The van der Waals surface area contributed by atoms with Gasteiger partial charge in [0.15, 0.2) is 17.7 Å². The van der Waals surface area contributed by atoms with Gasteiger partial charge in [0.2, 0.25) is 5.75 Å². The second kappa shape index (κ2) is 15.5. The number of hydrogen-bond acceptors (Lipinski definition) is 11. The molecule has 11 nitrogen and oxygen atoms in total. The van der Waals surface area contributed by atoms with Crippen molar-refractivity contribution < 1.29 is 44.1 Å². The number of rotatable bonds is 13. The molecule has 4 aromatic carbocycles. The van der Waals surface area contributed by atoms with Crippen LogP contribution in [-0.4, -0.2) is 67.7 Å². The predicted molar refractivity (Wildman–Crippen MR) is 220 cm³/mol. The summed E-state index contributed by atoms with van der Waals surface area (Å²) in [7, 11) is 3.15. The Morgan fingerprint density at radius 1 is 0.862 bits per heavy atom. The molecule has 2 aliphatic heterocycles. The summed E-state index contributed by atoms with van der Waals surface area (Å²) >= 11 is 0. The van der Waals surface area contributed by atoms with Gasteiger partial charge in [0.25, 0.3) is 0 Å². The molecule has 308 valence electrons. The maximum absolute atomic E-state index is 12.4. The first kappa shape index (κ1) is 38.8. The molecule has 6 N–H and O–H groups in total. The quantitative estimate of drug-likeness (QED) is 0.0593. The summed E-state index contributed by atoms with van der Waals surface area (Å²) < 4.78 is 30.7.